The number of carboxylic acid groups (broad SMARTS) is 1. The fraction of sp³-hybridized carbons (Fsp3) is 0.350. The van der Waals surface area contributed by atoms with E-state index in [1.54, 1.807) is 0 Å². The van der Waals surface area contributed by atoms with Crippen LogP contribution in [0.15, 0.2) is 60.4 Å². The molecule has 2 rings (SSSR count). The van der Waals surface area contributed by atoms with Gasteiger partial charge in [0.2, 0.25) is 0 Å². The quantitative estimate of drug-likeness (QED) is 0.762. The Morgan fingerprint density at radius 1 is 0.870 bits per heavy atom. The van der Waals surface area contributed by atoms with Gasteiger partial charge in [-0.2, -0.15) is 0 Å². The summed E-state index contributed by atoms with van der Waals surface area (Å²) in [6.45, 7) is -3.79. The van der Waals surface area contributed by atoms with Crippen molar-refractivity contribution in [3.63, 3.8) is 0 Å². The third kappa shape index (κ3) is 10.3. The summed E-state index contributed by atoms with van der Waals surface area (Å²) in [6.07, 6.45) is -22.1. The molecule has 0 aliphatic carbocycles. The normalized spacial score (nSPS) is 29.3. The van der Waals surface area contributed by atoms with Gasteiger partial charge in [0, 0.05) is 29.4 Å². The maximum Gasteiger partial charge on any atom is 0.303 e. The zero-order valence-corrected chi connectivity index (χ0v) is 11.3. The lowest BCUT2D eigenvalue weighted by molar-refractivity contribution is -0.137. The molecule has 0 spiro atoms. The summed E-state index contributed by atoms with van der Waals surface area (Å²) in [5, 5.41) is 18.0. The molecule has 0 atom stereocenters. The molecule has 0 aliphatic rings. The molecule has 2 aromatic carbocycles. The number of rotatable bonds is 8. The zero-order valence-electron chi connectivity index (χ0n) is 35.3. The fourth-order valence-corrected chi connectivity index (χ4v) is 0.894. The van der Waals surface area contributed by atoms with Gasteiger partial charge in [-0.3, -0.25) is 4.79 Å². The first kappa shape index (κ1) is 4.09. The first-order valence-corrected chi connectivity index (χ1v) is 5.65. The average molecular weight is 339 g/mol. The molecular weight excluding hydrogens is 288 g/mol. The smallest absolute Gasteiger partial charge is 0.303 e. The van der Waals surface area contributed by atoms with Crippen LogP contribution >= 0.6 is 0 Å². The molecule has 3 nitrogen and oxygen atoms in total. The van der Waals surface area contributed by atoms with Gasteiger partial charge in [-0.25, -0.2) is 0 Å². The van der Waals surface area contributed by atoms with Crippen molar-refractivity contribution in [3.05, 3.63) is 71.6 Å². The van der Waals surface area contributed by atoms with Crippen LogP contribution in [0.25, 0.3) is 0 Å². The predicted molar refractivity (Wildman–Crippen MR) is 93.5 cm³/mol. The van der Waals surface area contributed by atoms with E-state index >= 15 is 0 Å². The van der Waals surface area contributed by atoms with Gasteiger partial charge in [-0.1, -0.05) is 60.4 Å². The molecule has 0 radical (unpaired) electrons. The van der Waals surface area contributed by atoms with Crippen molar-refractivity contribution in [1.29, 1.82) is 0 Å². The molecule has 23 heavy (non-hydrogen) atoms. The lowest BCUT2D eigenvalue weighted by Gasteiger charge is -1.97. The predicted octanol–water partition coefficient (Wildman–Crippen LogP) is 4.10. The van der Waals surface area contributed by atoms with Gasteiger partial charge in [0.15, 0.2) is 0 Å². The summed E-state index contributed by atoms with van der Waals surface area (Å²) in [7, 11) is 0. The molecule has 2 N–H and O–H groups in total. The minimum absolute atomic E-state index is 0.832. The summed E-state index contributed by atoms with van der Waals surface area (Å²) < 4.78 is 181. The molecule has 0 aromatic heterocycles. The summed E-state index contributed by atoms with van der Waals surface area (Å²) in [5.41, 5.74) is -2.30. The summed E-state index contributed by atoms with van der Waals surface area (Å²) in [5.74, 6) is -2.28. The molecule has 0 saturated carbocycles. The number of aliphatic carboxylic acids is 1. The number of hydrogen-bond donors (Lipinski definition) is 2. The highest BCUT2D eigenvalue weighted by Gasteiger charge is 1.96. The highest BCUT2D eigenvalue weighted by atomic mass is 16.4. The monoisotopic (exact) mass is 338 g/mol. The Balaban J connectivity index is 0.000000470. The molecule has 0 unspecified atom stereocenters. The number of carbonyl (C=O) groups is 1. The summed E-state index contributed by atoms with van der Waals surface area (Å²) >= 11 is 0. The van der Waals surface area contributed by atoms with E-state index in [2.05, 4.69) is 0 Å². The molecule has 2 aromatic rings. The highest BCUT2D eigenvalue weighted by molar-refractivity contribution is 5.66. The van der Waals surface area contributed by atoms with Gasteiger partial charge in [-0.15, -0.1) is 0 Å². The zero-order chi connectivity index (χ0) is 38.0. The topological polar surface area (TPSA) is 57.5 Å². The molecule has 0 aliphatic heterocycles. The molecular formula is C20H26O3. The van der Waals surface area contributed by atoms with Gasteiger partial charge in [-0.05, 0) is 43.0 Å². The standard InChI is InChI=1S/C10H12O2.C10H14O/c11-10(12)8-4-7-9-5-2-1-3-6-9;11-9-5-4-8-10-6-2-1-3-7-10/h1-3,5-6H,4,7-8H2,(H,11,12);1-3,6-7,11H,4-5,8-9H2/i1D,2D,3D,4D2,5D,6D,7D2,8D2;1D,2D,3D,4D2,5D2,6D,7D,8D2,9D2. The first-order valence-electron chi connectivity index (χ1n) is 17.7. The van der Waals surface area contributed by atoms with E-state index < -0.39 is 122 Å². The van der Waals surface area contributed by atoms with Crippen molar-refractivity contribution in [2.45, 2.75) is 38.2 Å². The van der Waals surface area contributed by atoms with Crippen LogP contribution in [0.4, 0.5) is 0 Å². The van der Waals surface area contributed by atoms with Crippen LogP contribution in [0.2, 0.25) is 0 Å². The summed E-state index contributed by atoms with van der Waals surface area (Å²) in [4.78, 5) is 10.9. The maximum atomic E-state index is 10.9. The molecule has 0 amide bonds. The molecule has 0 saturated heterocycles. The lowest BCUT2D eigenvalue weighted by Crippen LogP contribution is -1.95. The molecule has 3 heteroatoms. The second-order valence-electron chi connectivity index (χ2n) is 3.17. The SMILES string of the molecule is [2H]c1c([2H])c([2H])c(C([2H])([2H])C([2H])([2H])C([2H])([2H])C(=O)O)c([2H])c1[2H].[2H]c1c([2H])c([2H])c(C([2H])([2H])C([2H])([2H])C([2H])([2H])C([2H])([2H])O)c([2H])c1[2H]. The second kappa shape index (κ2) is 12.4. The average Bonchev–Trinajstić information content (AvgIpc) is 2.92. The van der Waals surface area contributed by atoms with E-state index in [4.69, 9.17) is 38.0 Å². The molecule has 0 fully saturated rings. The van der Waals surface area contributed by atoms with E-state index in [1.807, 2.05) is 0 Å². The van der Waals surface area contributed by atoms with Crippen LogP contribution in [0.3, 0.4) is 0 Å². The van der Waals surface area contributed by atoms with E-state index in [9.17, 15) is 9.90 Å². The van der Waals surface area contributed by atoms with Crippen molar-refractivity contribution < 1.29 is 47.9 Å². The van der Waals surface area contributed by atoms with Gasteiger partial charge < -0.3 is 10.2 Å². The van der Waals surface area contributed by atoms with Crippen LogP contribution in [0.5, 0.6) is 0 Å². The van der Waals surface area contributed by atoms with E-state index in [-0.39, 0.29) is 0 Å². The van der Waals surface area contributed by atoms with Crippen molar-refractivity contribution in [1.82, 2.24) is 0 Å². The maximum absolute atomic E-state index is 10.9. The third-order valence-corrected chi connectivity index (χ3v) is 1.66. The van der Waals surface area contributed by atoms with Gasteiger partial charge in [0.05, 0.1) is 16.4 Å². The minimum atomic E-state index is -3.80. The Kier molecular flexibility index (Phi) is 2.21. The first-order chi connectivity index (χ1) is 20.5. The van der Waals surface area contributed by atoms with Gasteiger partial charge >= 0.3 is 5.97 Å². The van der Waals surface area contributed by atoms with Crippen molar-refractivity contribution in [3.8, 4) is 0 Å². The minimum Gasteiger partial charge on any atom is -0.481 e. The second-order valence-corrected chi connectivity index (χ2v) is 3.17. The Morgan fingerprint density at radius 2 is 1.35 bits per heavy atom. The molecule has 0 bridgehead atoms. The molecule has 0 heterocycles. The van der Waals surface area contributed by atoms with E-state index in [0.29, 0.717) is 0 Å². The van der Waals surface area contributed by atoms with Crippen molar-refractivity contribution in [2.24, 2.45) is 0 Å². The van der Waals surface area contributed by atoms with E-state index in [0.717, 1.165) is 0 Å². The Hall–Kier alpha value is -2.13. The number of benzene rings is 2. The van der Waals surface area contributed by atoms with Crippen molar-refractivity contribution >= 4 is 5.97 Å². The molecule has 124 valence electrons. The number of hydrogen-bond acceptors (Lipinski definition) is 2. The Bertz CT molecular complexity index is 1500. The number of carboxylic acids is 1. The van der Waals surface area contributed by atoms with Crippen molar-refractivity contribution in [2.75, 3.05) is 6.56 Å². The van der Waals surface area contributed by atoms with E-state index in [1.165, 1.54) is 0 Å². The van der Waals surface area contributed by atoms with Crippen LogP contribution in [0.1, 0.15) is 69.5 Å². The van der Waals surface area contributed by atoms with Crippen LogP contribution in [0, 0.1) is 0 Å². The third-order valence-electron chi connectivity index (χ3n) is 1.66. The summed E-state index contributed by atoms with van der Waals surface area (Å²) in [6, 6.07) is -9.72. The Morgan fingerprint density at radius 3 is 1.78 bits per heavy atom. The highest BCUT2D eigenvalue weighted by Crippen LogP contribution is 2.04. The van der Waals surface area contributed by atoms with Crippen LogP contribution < -0.4 is 0 Å². The lowest BCUT2D eigenvalue weighted by atomic mass is 10.1. The van der Waals surface area contributed by atoms with Gasteiger partial charge in [0.25, 0.3) is 0 Å². The number of aliphatic hydroxyl groups is 1. The van der Waals surface area contributed by atoms with Crippen LogP contribution in [-0.2, 0) is 17.5 Å². The Labute approximate surface area is 172 Å². The largest absolute Gasteiger partial charge is 0.481 e. The fourth-order valence-electron chi connectivity index (χ4n) is 0.894. The van der Waals surface area contributed by atoms with Gasteiger partial charge in [0.1, 0.15) is 0 Å². The van der Waals surface area contributed by atoms with Crippen LogP contribution in [-0.4, -0.2) is 22.7 Å².